The summed E-state index contributed by atoms with van der Waals surface area (Å²) >= 11 is 0. The zero-order chi connectivity index (χ0) is 23.4. The molecule has 0 aliphatic carbocycles. The van der Waals surface area contributed by atoms with Gasteiger partial charge in [0, 0.05) is 13.0 Å². The highest BCUT2D eigenvalue weighted by atomic mass is 19.4. The van der Waals surface area contributed by atoms with Gasteiger partial charge in [-0.2, -0.15) is 22.0 Å². The molecule has 0 heterocycles. The molecule has 0 aliphatic heterocycles. The third kappa shape index (κ3) is 11.2. The number of alkyl halides is 5. The van der Waals surface area contributed by atoms with Crippen LogP contribution in [0.2, 0.25) is 0 Å². The van der Waals surface area contributed by atoms with E-state index in [0.717, 1.165) is 6.92 Å². The van der Waals surface area contributed by atoms with Crippen molar-refractivity contribution in [2.45, 2.75) is 46.2 Å². The van der Waals surface area contributed by atoms with Crippen LogP contribution in [0.5, 0.6) is 0 Å². The fourth-order valence-electron chi connectivity index (χ4n) is 1.38. The van der Waals surface area contributed by atoms with Crippen LogP contribution in [0.1, 0.15) is 34.1 Å². The highest BCUT2D eigenvalue weighted by Gasteiger charge is 2.56. The summed E-state index contributed by atoms with van der Waals surface area (Å²) in [5.74, 6) is -10.9. The summed E-state index contributed by atoms with van der Waals surface area (Å²) in [5.41, 5.74) is 0. The average Bonchev–Trinajstić information content (AvgIpc) is 2.59. The topological polar surface area (TPSA) is 119 Å². The number of aliphatic carboxylic acids is 1. The lowest BCUT2D eigenvalue weighted by Crippen LogP contribution is -2.41. The second-order valence-electron chi connectivity index (χ2n) is 5.53. The predicted octanol–water partition coefficient (Wildman–Crippen LogP) is 2.16. The summed E-state index contributed by atoms with van der Waals surface area (Å²) in [5, 5.41) is 10.1. The molecule has 0 aromatic carbocycles. The molecule has 8 nitrogen and oxygen atoms in total. The Bertz CT molecular complexity index is 566. The number of carbonyl (C=O) groups excluding carboxylic acids is 3. The SMILES string of the molecule is CCOC(=O)C(C)C(=O)NCCC(F)(F)C(F)(F)F.CCOC(=O)C(C)C(=O)O. The smallest absolute Gasteiger partial charge is 0.453 e. The second-order valence-corrected chi connectivity index (χ2v) is 5.53. The number of amides is 1. The van der Waals surface area contributed by atoms with Crippen LogP contribution in [0.25, 0.3) is 0 Å². The molecule has 0 aliphatic rings. The molecular formula is C16H24F5NO7. The van der Waals surface area contributed by atoms with Gasteiger partial charge < -0.3 is 19.9 Å². The van der Waals surface area contributed by atoms with Crippen LogP contribution in [-0.4, -0.2) is 60.8 Å². The van der Waals surface area contributed by atoms with Crippen LogP contribution in [0, 0.1) is 11.8 Å². The first-order chi connectivity index (χ1) is 13.1. The van der Waals surface area contributed by atoms with E-state index in [4.69, 9.17) is 5.11 Å². The number of hydrogen-bond donors (Lipinski definition) is 2. The molecule has 0 rings (SSSR count). The lowest BCUT2D eigenvalue weighted by Gasteiger charge is -2.19. The van der Waals surface area contributed by atoms with Gasteiger partial charge in [-0.05, 0) is 27.7 Å². The normalized spacial score (nSPS) is 13.3. The Hall–Kier alpha value is -2.47. The molecule has 0 radical (unpaired) electrons. The van der Waals surface area contributed by atoms with E-state index < -0.39 is 60.7 Å². The predicted molar refractivity (Wildman–Crippen MR) is 87.9 cm³/mol. The molecule has 2 unspecified atom stereocenters. The van der Waals surface area contributed by atoms with Gasteiger partial charge in [0.25, 0.3) is 0 Å². The number of halogens is 5. The molecular weight excluding hydrogens is 413 g/mol. The van der Waals surface area contributed by atoms with Crippen LogP contribution in [0.15, 0.2) is 0 Å². The molecule has 29 heavy (non-hydrogen) atoms. The van der Waals surface area contributed by atoms with E-state index in [9.17, 15) is 41.1 Å². The fraction of sp³-hybridized carbons (Fsp3) is 0.750. The highest BCUT2D eigenvalue weighted by Crippen LogP contribution is 2.37. The first kappa shape index (κ1) is 28.7. The number of carboxylic acid groups (broad SMARTS) is 1. The zero-order valence-corrected chi connectivity index (χ0v) is 16.3. The number of esters is 2. The Morgan fingerprint density at radius 1 is 0.897 bits per heavy atom. The average molecular weight is 437 g/mol. The minimum Gasteiger partial charge on any atom is -0.481 e. The number of carbonyl (C=O) groups is 4. The lowest BCUT2D eigenvalue weighted by molar-refractivity contribution is -0.283. The molecule has 0 aromatic rings. The Morgan fingerprint density at radius 2 is 1.31 bits per heavy atom. The Balaban J connectivity index is 0. The van der Waals surface area contributed by atoms with Gasteiger partial charge in [-0.3, -0.25) is 19.2 Å². The van der Waals surface area contributed by atoms with E-state index in [1.807, 2.05) is 5.32 Å². The summed E-state index contributed by atoms with van der Waals surface area (Å²) in [6, 6.07) is 0. The zero-order valence-electron chi connectivity index (χ0n) is 16.3. The molecule has 0 spiro atoms. The first-order valence-corrected chi connectivity index (χ1v) is 8.40. The van der Waals surface area contributed by atoms with Gasteiger partial charge in [0.15, 0.2) is 5.92 Å². The van der Waals surface area contributed by atoms with Crippen LogP contribution in [0.4, 0.5) is 22.0 Å². The van der Waals surface area contributed by atoms with Gasteiger partial charge in [-0.25, -0.2) is 0 Å². The van der Waals surface area contributed by atoms with Crippen molar-refractivity contribution in [2.75, 3.05) is 19.8 Å². The summed E-state index contributed by atoms with van der Waals surface area (Å²) in [4.78, 5) is 43.0. The maximum Gasteiger partial charge on any atom is 0.453 e. The molecule has 170 valence electrons. The summed E-state index contributed by atoms with van der Waals surface area (Å²) in [6.45, 7) is 4.95. The van der Waals surface area contributed by atoms with Crippen LogP contribution >= 0.6 is 0 Å². The minimum absolute atomic E-state index is 0.0304. The Kier molecular flexibility index (Phi) is 12.8. The highest BCUT2D eigenvalue weighted by molar-refractivity contribution is 5.97. The third-order valence-electron chi connectivity index (χ3n) is 3.20. The third-order valence-corrected chi connectivity index (χ3v) is 3.20. The van der Waals surface area contributed by atoms with Crippen LogP contribution in [0.3, 0.4) is 0 Å². The van der Waals surface area contributed by atoms with E-state index in [1.165, 1.54) is 13.8 Å². The van der Waals surface area contributed by atoms with Crippen molar-refractivity contribution < 1.29 is 55.7 Å². The van der Waals surface area contributed by atoms with Crippen LogP contribution in [-0.2, 0) is 28.7 Å². The van der Waals surface area contributed by atoms with Crippen molar-refractivity contribution >= 4 is 23.8 Å². The van der Waals surface area contributed by atoms with Gasteiger partial charge in [0.1, 0.15) is 5.92 Å². The number of nitrogens with one attached hydrogen (secondary N) is 1. The number of carboxylic acids is 1. The van der Waals surface area contributed by atoms with E-state index in [-0.39, 0.29) is 13.2 Å². The molecule has 1 amide bonds. The number of ether oxygens (including phenoxy) is 2. The molecule has 13 heteroatoms. The quantitative estimate of drug-likeness (QED) is 0.322. The van der Waals surface area contributed by atoms with Crippen molar-refractivity contribution in [1.29, 1.82) is 0 Å². The Morgan fingerprint density at radius 3 is 1.66 bits per heavy atom. The summed E-state index contributed by atoms with van der Waals surface area (Å²) in [6.07, 6.45) is -7.25. The van der Waals surface area contributed by atoms with Gasteiger partial charge in [0.05, 0.1) is 13.2 Å². The van der Waals surface area contributed by atoms with Crippen molar-refractivity contribution in [3.63, 3.8) is 0 Å². The molecule has 0 saturated heterocycles. The molecule has 2 N–H and O–H groups in total. The monoisotopic (exact) mass is 437 g/mol. The molecule has 0 fully saturated rings. The van der Waals surface area contributed by atoms with Crippen LogP contribution < -0.4 is 5.32 Å². The van der Waals surface area contributed by atoms with E-state index in [2.05, 4.69) is 9.47 Å². The van der Waals surface area contributed by atoms with Gasteiger partial charge in [-0.1, -0.05) is 0 Å². The minimum atomic E-state index is -5.66. The first-order valence-electron chi connectivity index (χ1n) is 8.40. The number of hydrogen-bond acceptors (Lipinski definition) is 6. The summed E-state index contributed by atoms with van der Waals surface area (Å²) < 4.78 is 69.4. The van der Waals surface area contributed by atoms with Gasteiger partial charge >= 0.3 is 30.0 Å². The largest absolute Gasteiger partial charge is 0.481 e. The number of rotatable bonds is 9. The van der Waals surface area contributed by atoms with Crippen molar-refractivity contribution in [3.05, 3.63) is 0 Å². The standard InChI is InChI=1S/C10H14F5NO3.C6H10O4/c1-3-19-8(18)6(2)7(17)16-5-4-9(11,12)10(13,14)15;1-3-10-6(9)4(2)5(7)8/h6H,3-5H2,1-2H3,(H,16,17);4H,3H2,1-2H3,(H,7,8). The van der Waals surface area contributed by atoms with E-state index in [0.29, 0.717) is 0 Å². The molecule has 0 aromatic heterocycles. The maximum atomic E-state index is 12.5. The lowest BCUT2D eigenvalue weighted by atomic mass is 10.1. The van der Waals surface area contributed by atoms with Crippen molar-refractivity contribution in [1.82, 2.24) is 5.32 Å². The molecule has 0 bridgehead atoms. The Labute approximate surface area is 163 Å². The maximum absolute atomic E-state index is 12.5. The van der Waals surface area contributed by atoms with E-state index in [1.54, 1.807) is 6.92 Å². The van der Waals surface area contributed by atoms with Crippen molar-refractivity contribution in [3.8, 4) is 0 Å². The van der Waals surface area contributed by atoms with Crippen molar-refractivity contribution in [2.24, 2.45) is 11.8 Å². The van der Waals surface area contributed by atoms with Gasteiger partial charge in [-0.15, -0.1) is 0 Å². The molecule has 0 saturated carbocycles. The van der Waals surface area contributed by atoms with E-state index >= 15 is 0 Å². The second kappa shape index (κ2) is 12.9. The fourth-order valence-corrected chi connectivity index (χ4v) is 1.38. The molecule has 2 atom stereocenters. The summed E-state index contributed by atoms with van der Waals surface area (Å²) in [7, 11) is 0. The van der Waals surface area contributed by atoms with Gasteiger partial charge in [0.2, 0.25) is 5.91 Å².